The molecule has 4 nitrogen and oxygen atoms in total. The molecule has 1 heterocycles. The van der Waals surface area contributed by atoms with Crippen LogP contribution in [0.5, 0.6) is 0 Å². The van der Waals surface area contributed by atoms with E-state index in [9.17, 15) is 4.79 Å². The van der Waals surface area contributed by atoms with Gasteiger partial charge in [-0.25, -0.2) is 4.98 Å². The number of nitrogens with zero attached hydrogens (tertiary/aromatic N) is 2. The van der Waals surface area contributed by atoms with Gasteiger partial charge in [0.25, 0.3) is 5.91 Å². The highest BCUT2D eigenvalue weighted by molar-refractivity contribution is 6.35. The number of amides is 1. The predicted octanol–water partition coefficient (Wildman–Crippen LogP) is 3.79. The number of nitrogens with one attached hydrogen (secondary N) is 1. The number of benzene rings is 1. The average molecular weight is 326 g/mol. The number of halogens is 2. The Labute approximate surface area is 134 Å². The van der Waals surface area contributed by atoms with Crippen LogP contribution in [0.2, 0.25) is 10.0 Å². The molecule has 0 saturated carbocycles. The summed E-state index contributed by atoms with van der Waals surface area (Å²) >= 11 is 11.8. The van der Waals surface area contributed by atoms with Crippen molar-refractivity contribution in [1.82, 2.24) is 14.9 Å². The largest absolute Gasteiger partial charge is 0.352 e. The molecule has 1 aromatic heterocycles. The van der Waals surface area contributed by atoms with Crippen LogP contribution in [-0.4, -0.2) is 22.0 Å². The van der Waals surface area contributed by atoms with E-state index in [1.54, 1.807) is 24.4 Å². The van der Waals surface area contributed by atoms with E-state index in [1.807, 2.05) is 17.1 Å². The summed E-state index contributed by atoms with van der Waals surface area (Å²) in [5, 5.41) is 3.78. The molecule has 1 amide bonds. The van der Waals surface area contributed by atoms with Crippen LogP contribution in [0.3, 0.4) is 0 Å². The molecular formula is C15H17Cl2N3O. The Balaban J connectivity index is 1.66. The molecule has 2 rings (SSSR count). The average Bonchev–Trinajstić information content (AvgIpc) is 2.98. The standard InChI is InChI=1S/C15H17Cl2N3O/c16-12-4-5-14(17)13(10-12)15(21)19-6-2-1-3-8-20-9-7-18-11-20/h4-5,7,9-11H,1-3,6,8H2,(H,19,21). The molecule has 21 heavy (non-hydrogen) atoms. The van der Waals surface area contributed by atoms with Crippen LogP contribution in [0.4, 0.5) is 0 Å². The lowest BCUT2D eigenvalue weighted by molar-refractivity contribution is 0.0953. The van der Waals surface area contributed by atoms with Crippen LogP contribution in [0.25, 0.3) is 0 Å². The first-order valence-corrected chi connectivity index (χ1v) is 7.61. The van der Waals surface area contributed by atoms with Gasteiger partial charge in [0, 0.05) is 30.5 Å². The van der Waals surface area contributed by atoms with Gasteiger partial charge in [-0.3, -0.25) is 4.79 Å². The SMILES string of the molecule is O=C(NCCCCCn1ccnc1)c1cc(Cl)ccc1Cl. The second-order valence-electron chi connectivity index (χ2n) is 4.74. The van der Waals surface area contributed by atoms with Crippen molar-refractivity contribution in [3.8, 4) is 0 Å². The molecule has 0 atom stereocenters. The molecule has 2 aromatic rings. The van der Waals surface area contributed by atoms with Crippen LogP contribution in [0, 0.1) is 0 Å². The summed E-state index contributed by atoms with van der Waals surface area (Å²) in [5.41, 5.74) is 0.419. The predicted molar refractivity (Wildman–Crippen MR) is 84.9 cm³/mol. The van der Waals surface area contributed by atoms with Gasteiger partial charge in [-0.1, -0.05) is 23.2 Å². The lowest BCUT2D eigenvalue weighted by Gasteiger charge is -2.07. The number of hydrogen-bond donors (Lipinski definition) is 1. The minimum Gasteiger partial charge on any atom is -0.352 e. The Hall–Kier alpha value is -1.52. The molecule has 0 radical (unpaired) electrons. The second kappa shape index (κ2) is 8.05. The number of imidazole rings is 1. The van der Waals surface area contributed by atoms with Gasteiger partial charge >= 0.3 is 0 Å². The number of unbranched alkanes of at least 4 members (excludes halogenated alkanes) is 2. The molecule has 0 unspecified atom stereocenters. The van der Waals surface area contributed by atoms with E-state index in [4.69, 9.17) is 23.2 Å². The Kier molecular flexibility index (Phi) is 6.08. The third-order valence-corrected chi connectivity index (χ3v) is 3.68. The zero-order valence-electron chi connectivity index (χ0n) is 11.6. The first kappa shape index (κ1) is 15.9. The Morgan fingerprint density at radius 2 is 2.10 bits per heavy atom. The highest BCUT2D eigenvalue weighted by Crippen LogP contribution is 2.20. The summed E-state index contributed by atoms with van der Waals surface area (Å²) in [6.45, 7) is 1.58. The molecule has 1 aromatic carbocycles. The number of aromatic nitrogens is 2. The summed E-state index contributed by atoms with van der Waals surface area (Å²) in [4.78, 5) is 16.0. The monoisotopic (exact) mass is 325 g/mol. The fraction of sp³-hybridized carbons (Fsp3) is 0.333. The number of rotatable bonds is 7. The first-order valence-electron chi connectivity index (χ1n) is 6.86. The van der Waals surface area contributed by atoms with Gasteiger partial charge in [0.05, 0.1) is 16.9 Å². The summed E-state index contributed by atoms with van der Waals surface area (Å²) in [6.07, 6.45) is 8.56. The number of carbonyl (C=O) groups excluding carboxylic acids is 1. The van der Waals surface area contributed by atoms with Crippen LogP contribution >= 0.6 is 23.2 Å². The Bertz CT molecular complexity index is 585. The molecule has 6 heteroatoms. The fourth-order valence-electron chi connectivity index (χ4n) is 1.98. The van der Waals surface area contributed by atoms with Gasteiger partial charge < -0.3 is 9.88 Å². The van der Waals surface area contributed by atoms with E-state index in [1.165, 1.54) is 0 Å². The van der Waals surface area contributed by atoms with Crippen molar-refractivity contribution >= 4 is 29.1 Å². The molecule has 0 aliphatic heterocycles. The van der Waals surface area contributed by atoms with Gasteiger partial charge in [0.15, 0.2) is 0 Å². The minimum absolute atomic E-state index is 0.183. The van der Waals surface area contributed by atoms with Crippen molar-refractivity contribution in [3.63, 3.8) is 0 Å². The number of carbonyl (C=O) groups is 1. The van der Waals surface area contributed by atoms with E-state index in [0.717, 1.165) is 25.8 Å². The molecule has 0 spiro atoms. The molecule has 0 saturated heterocycles. The highest BCUT2D eigenvalue weighted by atomic mass is 35.5. The first-order chi connectivity index (χ1) is 10.2. The maximum Gasteiger partial charge on any atom is 0.252 e. The third kappa shape index (κ3) is 5.06. The van der Waals surface area contributed by atoms with E-state index >= 15 is 0 Å². The smallest absolute Gasteiger partial charge is 0.252 e. The van der Waals surface area contributed by atoms with Crippen LogP contribution in [-0.2, 0) is 6.54 Å². The number of aryl methyl sites for hydroxylation is 1. The maximum atomic E-state index is 12.0. The van der Waals surface area contributed by atoms with Crippen LogP contribution in [0.1, 0.15) is 29.6 Å². The Morgan fingerprint density at radius 3 is 2.86 bits per heavy atom. The van der Waals surface area contributed by atoms with Crippen LogP contribution in [0.15, 0.2) is 36.9 Å². The topological polar surface area (TPSA) is 46.9 Å². The summed E-state index contributed by atoms with van der Waals surface area (Å²) in [5.74, 6) is -0.183. The third-order valence-electron chi connectivity index (χ3n) is 3.11. The molecule has 0 bridgehead atoms. The zero-order chi connectivity index (χ0) is 15.1. The van der Waals surface area contributed by atoms with Gasteiger partial charge in [0.1, 0.15) is 0 Å². The molecule has 0 aliphatic carbocycles. The minimum atomic E-state index is -0.183. The Morgan fingerprint density at radius 1 is 1.24 bits per heavy atom. The van der Waals surface area contributed by atoms with Crippen LogP contribution < -0.4 is 5.32 Å². The maximum absolute atomic E-state index is 12.0. The van der Waals surface area contributed by atoms with E-state index in [2.05, 4.69) is 10.3 Å². The quantitative estimate of drug-likeness (QED) is 0.787. The molecule has 0 aliphatic rings. The van der Waals surface area contributed by atoms with E-state index in [-0.39, 0.29) is 5.91 Å². The second-order valence-corrected chi connectivity index (χ2v) is 5.58. The lowest BCUT2D eigenvalue weighted by atomic mass is 10.2. The molecule has 112 valence electrons. The van der Waals surface area contributed by atoms with Gasteiger partial charge in [-0.2, -0.15) is 0 Å². The zero-order valence-corrected chi connectivity index (χ0v) is 13.1. The van der Waals surface area contributed by atoms with Crippen molar-refractivity contribution in [1.29, 1.82) is 0 Å². The molecule has 1 N–H and O–H groups in total. The fourth-order valence-corrected chi connectivity index (χ4v) is 2.36. The lowest BCUT2D eigenvalue weighted by Crippen LogP contribution is -2.24. The summed E-state index contributed by atoms with van der Waals surface area (Å²) in [7, 11) is 0. The van der Waals surface area contributed by atoms with Crippen molar-refractivity contribution in [2.45, 2.75) is 25.8 Å². The molecular weight excluding hydrogens is 309 g/mol. The van der Waals surface area contributed by atoms with Gasteiger partial charge in [-0.05, 0) is 37.5 Å². The van der Waals surface area contributed by atoms with Crippen molar-refractivity contribution < 1.29 is 4.79 Å². The van der Waals surface area contributed by atoms with Gasteiger partial charge in [-0.15, -0.1) is 0 Å². The van der Waals surface area contributed by atoms with Crippen molar-refractivity contribution in [3.05, 3.63) is 52.5 Å². The van der Waals surface area contributed by atoms with Crippen molar-refractivity contribution in [2.75, 3.05) is 6.54 Å². The van der Waals surface area contributed by atoms with E-state index in [0.29, 0.717) is 22.2 Å². The van der Waals surface area contributed by atoms with Gasteiger partial charge in [0.2, 0.25) is 0 Å². The number of hydrogen-bond acceptors (Lipinski definition) is 2. The molecule has 0 fully saturated rings. The summed E-state index contributed by atoms with van der Waals surface area (Å²) < 4.78 is 2.05. The summed E-state index contributed by atoms with van der Waals surface area (Å²) in [6, 6.07) is 4.87. The highest BCUT2D eigenvalue weighted by Gasteiger charge is 2.10. The van der Waals surface area contributed by atoms with Crippen molar-refractivity contribution in [2.24, 2.45) is 0 Å². The van der Waals surface area contributed by atoms with E-state index < -0.39 is 0 Å². The normalized spacial score (nSPS) is 10.6.